The quantitative estimate of drug-likeness (QED) is 0.716. The SMILES string of the molecule is CCCN(CC1CCN(C(=O)c2ccccc2)CC1)[C@H]1CCc2nc(N)sc2C1.Cl. The number of thiazole rings is 1. The lowest BCUT2D eigenvalue weighted by molar-refractivity contribution is 0.0642. The highest BCUT2D eigenvalue weighted by molar-refractivity contribution is 7.15. The van der Waals surface area contributed by atoms with Crippen molar-refractivity contribution < 1.29 is 4.79 Å². The van der Waals surface area contributed by atoms with Gasteiger partial charge in [-0.05, 0) is 63.1 Å². The number of amides is 1. The van der Waals surface area contributed by atoms with Crippen LogP contribution < -0.4 is 5.73 Å². The van der Waals surface area contributed by atoms with E-state index in [9.17, 15) is 4.79 Å². The van der Waals surface area contributed by atoms with Gasteiger partial charge in [0.05, 0.1) is 5.69 Å². The molecule has 1 amide bonds. The normalized spacial score (nSPS) is 19.4. The minimum Gasteiger partial charge on any atom is -0.375 e. The minimum atomic E-state index is 0. The molecule has 1 atom stereocenters. The van der Waals surface area contributed by atoms with Gasteiger partial charge in [0.15, 0.2) is 5.13 Å². The van der Waals surface area contributed by atoms with E-state index in [-0.39, 0.29) is 18.3 Å². The summed E-state index contributed by atoms with van der Waals surface area (Å²) >= 11 is 1.67. The summed E-state index contributed by atoms with van der Waals surface area (Å²) in [5.74, 6) is 0.853. The van der Waals surface area contributed by atoms with Crippen LogP contribution in [0, 0.1) is 5.92 Å². The minimum absolute atomic E-state index is 0. The zero-order valence-electron chi connectivity index (χ0n) is 17.8. The Hall–Kier alpha value is -1.63. The Morgan fingerprint density at radius 2 is 1.97 bits per heavy atom. The molecule has 2 aliphatic rings. The van der Waals surface area contributed by atoms with Crippen LogP contribution in [0.25, 0.3) is 0 Å². The first-order valence-electron chi connectivity index (χ1n) is 11.0. The average Bonchev–Trinajstić information content (AvgIpc) is 3.13. The number of aromatic nitrogens is 1. The maximum Gasteiger partial charge on any atom is 0.253 e. The number of benzene rings is 1. The van der Waals surface area contributed by atoms with Crippen LogP contribution in [0.15, 0.2) is 30.3 Å². The Morgan fingerprint density at radius 3 is 2.67 bits per heavy atom. The van der Waals surface area contributed by atoms with Crippen LogP contribution in [0.4, 0.5) is 5.13 Å². The van der Waals surface area contributed by atoms with Crippen LogP contribution in [0.1, 0.15) is 53.5 Å². The first-order chi connectivity index (χ1) is 14.1. The predicted molar refractivity (Wildman–Crippen MR) is 127 cm³/mol. The van der Waals surface area contributed by atoms with E-state index in [2.05, 4.69) is 16.8 Å². The number of fused-ring (bicyclic) bond motifs is 1. The molecule has 2 N–H and O–H groups in total. The fourth-order valence-corrected chi connectivity index (χ4v) is 5.76. The van der Waals surface area contributed by atoms with Gasteiger partial charge in [0, 0.05) is 36.1 Å². The van der Waals surface area contributed by atoms with E-state index in [0.717, 1.165) is 57.4 Å². The molecule has 0 saturated carbocycles. The zero-order valence-corrected chi connectivity index (χ0v) is 19.4. The Balaban J connectivity index is 0.00000256. The molecule has 0 unspecified atom stereocenters. The summed E-state index contributed by atoms with van der Waals surface area (Å²) in [4.78, 5) is 23.3. The molecule has 0 bridgehead atoms. The second-order valence-electron chi connectivity index (χ2n) is 8.42. The van der Waals surface area contributed by atoms with Gasteiger partial charge in [-0.15, -0.1) is 23.7 Å². The van der Waals surface area contributed by atoms with Gasteiger partial charge in [-0.2, -0.15) is 0 Å². The van der Waals surface area contributed by atoms with Crippen LogP contribution >= 0.6 is 23.7 Å². The molecule has 1 aliphatic carbocycles. The summed E-state index contributed by atoms with van der Waals surface area (Å²) in [6, 6.07) is 10.3. The molecule has 1 aromatic heterocycles. The van der Waals surface area contributed by atoms with E-state index < -0.39 is 0 Å². The molecule has 0 radical (unpaired) electrons. The smallest absolute Gasteiger partial charge is 0.253 e. The van der Waals surface area contributed by atoms with Crippen molar-refractivity contribution in [3.8, 4) is 0 Å². The average molecular weight is 449 g/mol. The number of nitrogens with two attached hydrogens (primary N) is 1. The molecule has 164 valence electrons. The number of piperidine rings is 1. The lowest BCUT2D eigenvalue weighted by Gasteiger charge is -2.39. The molecule has 1 aliphatic heterocycles. The number of nitrogen functional groups attached to an aromatic ring is 1. The summed E-state index contributed by atoms with van der Waals surface area (Å²) in [7, 11) is 0. The maximum absolute atomic E-state index is 12.7. The van der Waals surface area contributed by atoms with Gasteiger partial charge in [0.2, 0.25) is 0 Å². The van der Waals surface area contributed by atoms with E-state index in [4.69, 9.17) is 5.73 Å². The van der Waals surface area contributed by atoms with Crippen molar-refractivity contribution in [2.45, 2.75) is 51.5 Å². The van der Waals surface area contributed by atoms with E-state index >= 15 is 0 Å². The summed E-state index contributed by atoms with van der Waals surface area (Å²) in [6.45, 7) is 6.32. The lowest BCUT2D eigenvalue weighted by Crippen LogP contribution is -2.45. The number of likely N-dealkylation sites (tertiary alicyclic amines) is 1. The number of carbonyl (C=O) groups is 1. The van der Waals surface area contributed by atoms with Gasteiger partial charge >= 0.3 is 0 Å². The van der Waals surface area contributed by atoms with E-state index in [1.54, 1.807) is 11.3 Å². The third kappa shape index (κ3) is 5.34. The molecular weight excluding hydrogens is 416 g/mol. The number of halogens is 1. The van der Waals surface area contributed by atoms with E-state index in [0.29, 0.717) is 17.1 Å². The van der Waals surface area contributed by atoms with Crippen molar-refractivity contribution in [2.75, 3.05) is 31.9 Å². The third-order valence-electron chi connectivity index (χ3n) is 6.37. The standard InChI is InChI=1S/C23H32N4OS.ClH/c1-2-12-27(19-8-9-20-21(15-19)29-23(24)25-20)16-17-10-13-26(14-11-17)22(28)18-6-4-3-5-7-18;/h3-7,17,19H,2,8-16H2,1H3,(H2,24,25);1H/t19-;/m0./s1. The van der Waals surface area contributed by atoms with Crippen LogP contribution in [-0.4, -0.2) is 52.9 Å². The fraction of sp³-hybridized carbons (Fsp3) is 0.565. The van der Waals surface area contributed by atoms with Crippen LogP contribution in [0.3, 0.4) is 0 Å². The van der Waals surface area contributed by atoms with Gasteiger partial charge in [-0.3, -0.25) is 9.69 Å². The van der Waals surface area contributed by atoms with Crippen molar-refractivity contribution in [3.63, 3.8) is 0 Å². The van der Waals surface area contributed by atoms with Gasteiger partial charge < -0.3 is 10.6 Å². The highest BCUT2D eigenvalue weighted by Gasteiger charge is 2.30. The molecule has 1 fully saturated rings. The van der Waals surface area contributed by atoms with Crippen molar-refractivity contribution in [1.29, 1.82) is 0 Å². The molecule has 0 spiro atoms. The molecule has 2 aromatic rings. The predicted octanol–water partition coefficient (Wildman–Crippen LogP) is 4.27. The molecule has 2 heterocycles. The number of nitrogens with zero attached hydrogens (tertiary/aromatic N) is 3. The van der Waals surface area contributed by atoms with Gasteiger partial charge in [-0.1, -0.05) is 25.1 Å². The number of carbonyl (C=O) groups excluding carboxylic acids is 1. The molecule has 4 rings (SSSR count). The Bertz CT molecular complexity index is 820. The Labute approximate surface area is 190 Å². The van der Waals surface area contributed by atoms with E-state index in [1.807, 2.05) is 35.2 Å². The molecule has 7 heteroatoms. The van der Waals surface area contributed by atoms with Crippen molar-refractivity contribution in [3.05, 3.63) is 46.5 Å². The monoisotopic (exact) mass is 448 g/mol. The van der Waals surface area contributed by atoms with Crippen molar-refractivity contribution in [2.24, 2.45) is 5.92 Å². The summed E-state index contributed by atoms with van der Waals surface area (Å²) in [5, 5.41) is 0.716. The molecule has 1 aromatic carbocycles. The number of hydrogen-bond donors (Lipinski definition) is 1. The fourth-order valence-electron chi connectivity index (χ4n) is 4.81. The molecule has 1 saturated heterocycles. The number of aryl methyl sites for hydroxylation is 1. The Morgan fingerprint density at radius 1 is 1.23 bits per heavy atom. The summed E-state index contributed by atoms with van der Waals surface area (Å²) in [5.41, 5.74) is 7.96. The molecule has 5 nitrogen and oxygen atoms in total. The third-order valence-corrected chi connectivity index (χ3v) is 7.32. The molecule has 30 heavy (non-hydrogen) atoms. The van der Waals surface area contributed by atoms with Gasteiger partial charge in [0.1, 0.15) is 0 Å². The number of anilines is 1. The maximum atomic E-state index is 12.7. The van der Waals surface area contributed by atoms with Crippen LogP contribution in [0.2, 0.25) is 0 Å². The van der Waals surface area contributed by atoms with Gasteiger partial charge in [-0.25, -0.2) is 4.98 Å². The largest absolute Gasteiger partial charge is 0.375 e. The zero-order chi connectivity index (χ0) is 20.2. The molecular formula is C23H33ClN4OS. The topological polar surface area (TPSA) is 62.5 Å². The Kier molecular flexibility index (Phi) is 8.14. The summed E-state index contributed by atoms with van der Waals surface area (Å²) in [6.07, 6.45) is 6.71. The van der Waals surface area contributed by atoms with Crippen LogP contribution in [0.5, 0.6) is 0 Å². The second-order valence-corrected chi connectivity index (χ2v) is 9.53. The van der Waals surface area contributed by atoms with E-state index in [1.165, 1.54) is 23.4 Å². The lowest BCUT2D eigenvalue weighted by atomic mass is 9.92. The number of rotatable bonds is 6. The van der Waals surface area contributed by atoms with Gasteiger partial charge in [0.25, 0.3) is 5.91 Å². The highest BCUT2D eigenvalue weighted by atomic mass is 35.5. The summed E-state index contributed by atoms with van der Waals surface area (Å²) < 4.78 is 0. The number of hydrogen-bond acceptors (Lipinski definition) is 5. The van der Waals surface area contributed by atoms with Crippen molar-refractivity contribution >= 4 is 34.8 Å². The first-order valence-corrected chi connectivity index (χ1v) is 11.8. The highest BCUT2D eigenvalue weighted by Crippen LogP contribution is 2.31. The van der Waals surface area contributed by atoms with Crippen LogP contribution in [-0.2, 0) is 12.8 Å². The first kappa shape index (κ1) is 23.0. The second kappa shape index (κ2) is 10.6. The van der Waals surface area contributed by atoms with Crippen molar-refractivity contribution in [1.82, 2.24) is 14.8 Å².